The van der Waals surface area contributed by atoms with E-state index in [0.29, 0.717) is 37.8 Å². The minimum atomic E-state index is -1.36. The molecule has 2 N–H and O–H groups in total. The zero-order valence-electron chi connectivity index (χ0n) is 14.9. The maximum Gasteiger partial charge on any atom is 0.254 e. The summed E-state index contributed by atoms with van der Waals surface area (Å²) in [6.45, 7) is 0. The number of carbonyl (C=O) groups is 2. The van der Waals surface area contributed by atoms with Gasteiger partial charge in [-0.05, 0) is 37.8 Å². The normalized spacial score (nSPS) is 18.9. The van der Waals surface area contributed by atoms with Crippen molar-refractivity contribution in [3.63, 3.8) is 0 Å². The molecule has 0 radical (unpaired) electrons. The second kappa shape index (κ2) is 9.00. The van der Waals surface area contributed by atoms with Gasteiger partial charge in [-0.15, -0.1) is 0 Å². The second-order valence-corrected chi connectivity index (χ2v) is 7.52. The van der Waals surface area contributed by atoms with Gasteiger partial charge in [-0.2, -0.15) is 0 Å². The van der Waals surface area contributed by atoms with Crippen LogP contribution < -0.4 is 10.6 Å². The number of hydrogen-bond acceptors (Lipinski definition) is 3. The number of carbonyl (C=O) groups excluding carboxylic acids is 2. The highest BCUT2D eigenvalue weighted by Crippen LogP contribution is 2.22. The molecule has 0 bridgehead atoms. The van der Waals surface area contributed by atoms with Crippen LogP contribution in [0.25, 0.3) is 0 Å². The summed E-state index contributed by atoms with van der Waals surface area (Å²) >= 11 is 11.8. The fourth-order valence-electron chi connectivity index (χ4n) is 3.19. The number of pyridine rings is 1. The van der Waals surface area contributed by atoms with E-state index >= 15 is 0 Å². The van der Waals surface area contributed by atoms with Gasteiger partial charge >= 0.3 is 0 Å². The summed E-state index contributed by atoms with van der Waals surface area (Å²) in [7, 11) is 0. The maximum absolute atomic E-state index is 13.7. The lowest BCUT2D eigenvalue weighted by Crippen LogP contribution is -2.44. The molecule has 1 aromatic carbocycles. The molecule has 2 aromatic rings. The first-order valence-corrected chi connectivity index (χ1v) is 9.57. The van der Waals surface area contributed by atoms with Gasteiger partial charge in [0.1, 0.15) is 11.0 Å². The lowest BCUT2D eigenvalue weighted by molar-refractivity contribution is 0.0889. The zero-order valence-corrected chi connectivity index (χ0v) is 16.5. The Morgan fingerprint density at radius 2 is 1.34 bits per heavy atom. The molecule has 1 saturated carbocycles. The van der Waals surface area contributed by atoms with E-state index in [2.05, 4.69) is 15.6 Å². The largest absolute Gasteiger partial charge is 0.349 e. The number of halogens is 5. The highest BCUT2D eigenvalue weighted by atomic mass is 35.5. The molecule has 0 aliphatic heterocycles. The quantitative estimate of drug-likeness (QED) is 0.544. The molecule has 1 aromatic heterocycles. The molecule has 1 fully saturated rings. The van der Waals surface area contributed by atoms with Gasteiger partial charge in [0.25, 0.3) is 11.8 Å². The van der Waals surface area contributed by atoms with Crippen LogP contribution in [0, 0.1) is 17.5 Å². The summed E-state index contributed by atoms with van der Waals surface area (Å²) in [5.41, 5.74) is -0.334. The highest BCUT2D eigenvalue weighted by molar-refractivity contribution is 6.35. The van der Waals surface area contributed by atoms with E-state index < -0.39 is 28.9 Å². The Bertz CT molecular complexity index is 951. The second-order valence-electron chi connectivity index (χ2n) is 6.73. The molecule has 0 saturated heterocycles. The first-order chi connectivity index (χ1) is 13.7. The molecular formula is C19H16Cl2F3N3O2. The van der Waals surface area contributed by atoms with E-state index in [4.69, 9.17) is 23.2 Å². The third kappa shape index (κ3) is 5.19. The van der Waals surface area contributed by atoms with Crippen molar-refractivity contribution in [2.24, 2.45) is 0 Å². The van der Waals surface area contributed by atoms with E-state index in [0.717, 1.165) is 0 Å². The number of hydrogen-bond donors (Lipinski definition) is 2. The van der Waals surface area contributed by atoms with Crippen molar-refractivity contribution in [3.05, 3.63) is 63.2 Å². The SMILES string of the molecule is O=C(NC1CCC(NC(=O)c2cc(Cl)ncc2Cl)CC1)c1cc(F)c(F)cc1F. The monoisotopic (exact) mass is 445 g/mol. The number of amides is 2. The third-order valence-electron chi connectivity index (χ3n) is 4.72. The lowest BCUT2D eigenvalue weighted by Gasteiger charge is -2.29. The predicted octanol–water partition coefficient (Wildman–Crippen LogP) is 4.28. The Hall–Kier alpha value is -2.32. The van der Waals surface area contributed by atoms with Crippen molar-refractivity contribution in [1.29, 1.82) is 0 Å². The van der Waals surface area contributed by atoms with Crippen LogP contribution in [0.15, 0.2) is 24.4 Å². The average molecular weight is 446 g/mol. The standard InChI is InChI=1S/C19H16Cl2F3N3O2/c20-13-8-25-17(21)6-11(13)18(28)26-9-1-3-10(4-2-9)27-19(29)12-5-15(23)16(24)7-14(12)22/h5-10H,1-4H2,(H,26,28)(H,27,29). The van der Waals surface area contributed by atoms with Crippen molar-refractivity contribution in [2.75, 3.05) is 0 Å². The van der Waals surface area contributed by atoms with Crippen LogP contribution in [0.5, 0.6) is 0 Å². The van der Waals surface area contributed by atoms with Crippen LogP contribution >= 0.6 is 23.2 Å². The van der Waals surface area contributed by atoms with Crippen molar-refractivity contribution in [3.8, 4) is 0 Å². The van der Waals surface area contributed by atoms with Crippen LogP contribution in [-0.2, 0) is 0 Å². The van der Waals surface area contributed by atoms with Gasteiger partial charge < -0.3 is 10.6 Å². The number of nitrogens with one attached hydrogen (secondary N) is 2. The maximum atomic E-state index is 13.7. The van der Waals surface area contributed by atoms with Gasteiger partial charge in [-0.1, -0.05) is 23.2 Å². The van der Waals surface area contributed by atoms with Crippen LogP contribution in [0.1, 0.15) is 46.4 Å². The smallest absolute Gasteiger partial charge is 0.254 e. The molecular weight excluding hydrogens is 430 g/mol. The summed E-state index contributed by atoms with van der Waals surface area (Å²) in [5, 5.41) is 5.81. The van der Waals surface area contributed by atoms with E-state index in [1.54, 1.807) is 0 Å². The summed E-state index contributed by atoms with van der Waals surface area (Å²) in [6.07, 6.45) is 3.46. The molecule has 3 rings (SSSR count). The number of benzene rings is 1. The van der Waals surface area contributed by atoms with Crippen LogP contribution in [0.3, 0.4) is 0 Å². The molecule has 154 valence electrons. The van der Waals surface area contributed by atoms with Gasteiger partial charge in [0, 0.05) is 24.3 Å². The van der Waals surface area contributed by atoms with Crippen molar-refractivity contribution in [1.82, 2.24) is 15.6 Å². The van der Waals surface area contributed by atoms with Gasteiger partial charge in [0.05, 0.1) is 16.1 Å². The molecule has 0 spiro atoms. The Morgan fingerprint density at radius 1 is 0.828 bits per heavy atom. The number of aromatic nitrogens is 1. The Balaban J connectivity index is 1.54. The Labute approximate surface area is 174 Å². The first kappa shape index (κ1) is 21.4. The van der Waals surface area contributed by atoms with E-state index in [9.17, 15) is 22.8 Å². The first-order valence-electron chi connectivity index (χ1n) is 8.82. The lowest BCUT2D eigenvalue weighted by atomic mass is 9.90. The van der Waals surface area contributed by atoms with E-state index in [1.807, 2.05) is 0 Å². The van der Waals surface area contributed by atoms with Gasteiger partial charge in [0.15, 0.2) is 11.6 Å². The molecule has 0 unspecified atom stereocenters. The Morgan fingerprint density at radius 3 is 1.93 bits per heavy atom. The van der Waals surface area contributed by atoms with Crippen molar-refractivity contribution < 1.29 is 22.8 Å². The summed E-state index contributed by atoms with van der Waals surface area (Å²) in [5.74, 6) is -4.97. The summed E-state index contributed by atoms with van der Waals surface area (Å²) < 4.78 is 40.0. The molecule has 1 aliphatic rings. The molecule has 0 atom stereocenters. The van der Waals surface area contributed by atoms with Crippen LogP contribution in [0.2, 0.25) is 10.2 Å². The minimum absolute atomic E-state index is 0.140. The number of nitrogens with zero attached hydrogens (tertiary/aromatic N) is 1. The summed E-state index contributed by atoms with van der Waals surface area (Å²) in [6, 6.07) is 1.84. The predicted molar refractivity (Wildman–Crippen MR) is 102 cm³/mol. The molecule has 1 heterocycles. The number of rotatable bonds is 4. The van der Waals surface area contributed by atoms with Crippen LogP contribution in [-0.4, -0.2) is 28.9 Å². The van der Waals surface area contributed by atoms with Gasteiger partial charge in [0.2, 0.25) is 0 Å². The fraction of sp³-hybridized carbons (Fsp3) is 0.316. The average Bonchev–Trinajstić information content (AvgIpc) is 2.68. The molecule has 1 aliphatic carbocycles. The zero-order chi connectivity index (χ0) is 21.1. The Kier molecular flexibility index (Phi) is 6.64. The molecule has 29 heavy (non-hydrogen) atoms. The highest BCUT2D eigenvalue weighted by Gasteiger charge is 2.26. The van der Waals surface area contributed by atoms with E-state index in [-0.39, 0.29) is 33.7 Å². The van der Waals surface area contributed by atoms with Crippen LogP contribution in [0.4, 0.5) is 13.2 Å². The molecule has 2 amide bonds. The third-order valence-corrected chi connectivity index (χ3v) is 5.23. The van der Waals surface area contributed by atoms with Gasteiger partial charge in [-0.25, -0.2) is 18.2 Å². The summed E-state index contributed by atoms with van der Waals surface area (Å²) in [4.78, 5) is 28.3. The molecule has 10 heteroatoms. The molecule has 5 nitrogen and oxygen atoms in total. The van der Waals surface area contributed by atoms with Crippen molar-refractivity contribution >= 4 is 35.0 Å². The van der Waals surface area contributed by atoms with Gasteiger partial charge in [-0.3, -0.25) is 9.59 Å². The topological polar surface area (TPSA) is 71.1 Å². The fourth-order valence-corrected chi connectivity index (χ4v) is 3.54. The minimum Gasteiger partial charge on any atom is -0.349 e. The van der Waals surface area contributed by atoms with E-state index in [1.165, 1.54) is 12.3 Å². The van der Waals surface area contributed by atoms with Crippen molar-refractivity contribution in [2.45, 2.75) is 37.8 Å².